The van der Waals surface area contributed by atoms with Crippen molar-refractivity contribution in [1.29, 1.82) is 0 Å². The number of rotatable bonds is 4. The van der Waals surface area contributed by atoms with Crippen LogP contribution in [0, 0.1) is 3.57 Å². The maximum absolute atomic E-state index is 13.2. The Morgan fingerprint density at radius 2 is 1.67 bits per heavy atom. The molecule has 0 atom stereocenters. The number of anilines is 1. The van der Waals surface area contributed by atoms with Gasteiger partial charge in [-0.3, -0.25) is 9.59 Å². The molecule has 27 heavy (non-hydrogen) atoms. The summed E-state index contributed by atoms with van der Waals surface area (Å²) in [7, 11) is 0. The van der Waals surface area contributed by atoms with Crippen LogP contribution in [-0.4, -0.2) is 24.9 Å². The topological polar surface area (TPSA) is 77.8 Å². The minimum absolute atomic E-state index is 0.151. The molecule has 7 heteroatoms. The number of fused-ring (bicyclic) bond motifs is 1. The van der Waals surface area contributed by atoms with E-state index >= 15 is 0 Å². The van der Waals surface area contributed by atoms with Gasteiger partial charge in [0.15, 0.2) is 23.0 Å². The summed E-state index contributed by atoms with van der Waals surface area (Å²) >= 11 is 2.11. The predicted molar refractivity (Wildman–Crippen MR) is 107 cm³/mol. The summed E-state index contributed by atoms with van der Waals surface area (Å²) in [6, 6.07) is 13.7. The molecule has 0 saturated carbocycles. The maximum atomic E-state index is 13.2. The third-order valence-corrected chi connectivity index (χ3v) is 4.98. The lowest BCUT2D eigenvalue weighted by Gasteiger charge is -2.21. The van der Waals surface area contributed by atoms with Gasteiger partial charge in [-0.2, -0.15) is 0 Å². The highest BCUT2D eigenvalue weighted by molar-refractivity contribution is 14.1. The van der Waals surface area contributed by atoms with Crippen molar-refractivity contribution in [3.05, 3.63) is 75.3 Å². The fraction of sp³-hybridized carbons (Fsp3) is 0.100. The number of carbonyl (C=O) groups is 2. The number of carbonyl (C=O) groups excluding carboxylic acids is 2. The van der Waals surface area contributed by atoms with Crippen molar-refractivity contribution in [2.45, 2.75) is 0 Å². The molecule has 0 spiro atoms. The van der Waals surface area contributed by atoms with E-state index in [1.807, 2.05) is 12.1 Å². The van der Waals surface area contributed by atoms with Crippen LogP contribution in [0.3, 0.4) is 0 Å². The third kappa shape index (κ3) is 3.55. The maximum Gasteiger partial charge on any atom is 0.291 e. The van der Waals surface area contributed by atoms with E-state index in [4.69, 9.17) is 13.9 Å². The molecule has 0 fully saturated rings. The van der Waals surface area contributed by atoms with Crippen molar-refractivity contribution in [1.82, 2.24) is 0 Å². The molecule has 0 radical (unpaired) electrons. The van der Waals surface area contributed by atoms with Crippen molar-refractivity contribution >= 4 is 40.0 Å². The smallest absolute Gasteiger partial charge is 0.291 e. The van der Waals surface area contributed by atoms with E-state index in [0.29, 0.717) is 41.5 Å². The van der Waals surface area contributed by atoms with E-state index in [1.165, 1.54) is 6.26 Å². The average molecular weight is 475 g/mol. The molecule has 3 aromatic rings. The van der Waals surface area contributed by atoms with Gasteiger partial charge in [0, 0.05) is 15.2 Å². The largest absolute Gasteiger partial charge is 0.486 e. The molecule has 2 aromatic carbocycles. The second kappa shape index (κ2) is 7.43. The lowest BCUT2D eigenvalue weighted by molar-refractivity contribution is 0.0996. The van der Waals surface area contributed by atoms with Gasteiger partial charge in [0.05, 0.1) is 17.5 Å². The molecular weight excluding hydrogens is 461 g/mol. The lowest BCUT2D eigenvalue weighted by Crippen LogP contribution is -2.19. The molecule has 1 aliphatic rings. The van der Waals surface area contributed by atoms with E-state index in [-0.39, 0.29) is 11.5 Å². The highest BCUT2D eigenvalue weighted by Gasteiger charge is 2.23. The summed E-state index contributed by atoms with van der Waals surface area (Å²) in [6.07, 6.45) is 1.41. The third-order valence-electron chi connectivity index (χ3n) is 4.04. The van der Waals surface area contributed by atoms with E-state index in [0.717, 1.165) is 3.57 Å². The van der Waals surface area contributed by atoms with E-state index in [9.17, 15) is 9.59 Å². The van der Waals surface area contributed by atoms with Gasteiger partial charge >= 0.3 is 0 Å². The Bertz CT molecular complexity index is 1010. The molecule has 6 nitrogen and oxygen atoms in total. The molecule has 0 saturated heterocycles. The molecule has 2 heterocycles. The quantitative estimate of drug-likeness (QED) is 0.454. The number of hydrogen-bond acceptors (Lipinski definition) is 5. The number of hydrogen-bond donors (Lipinski definition) is 1. The molecule has 136 valence electrons. The van der Waals surface area contributed by atoms with E-state index in [2.05, 4.69) is 27.9 Å². The van der Waals surface area contributed by atoms with Gasteiger partial charge in [0.1, 0.15) is 13.2 Å². The SMILES string of the molecule is O=C(Nc1cc2c(cc1C(=O)c1ccccc1I)OCCO2)c1ccco1. The molecule has 0 unspecified atom stereocenters. The Morgan fingerprint density at radius 3 is 2.37 bits per heavy atom. The Morgan fingerprint density at radius 1 is 0.926 bits per heavy atom. The van der Waals surface area contributed by atoms with Crippen molar-refractivity contribution < 1.29 is 23.5 Å². The first-order valence-corrected chi connectivity index (χ1v) is 9.29. The second-order valence-corrected chi connectivity index (χ2v) is 6.94. The Hall–Kier alpha value is -2.81. The van der Waals surface area contributed by atoms with Crippen molar-refractivity contribution in [2.75, 3.05) is 18.5 Å². The Balaban J connectivity index is 1.77. The van der Waals surface area contributed by atoms with Crippen LogP contribution in [-0.2, 0) is 0 Å². The fourth-order valence-corrected chi connectivity index (χ4v) is 3.39. The monoisotopic (exact) mass is 475 g/mol. The first-order valence-electron chi connectivity index (χ1n) is 8.21. The summed E-state index contributed by atoms with van der Waals surface area (Å²) in [4.78, 5) is 25.6. The van der Waals surface area contributed by atoms with Gasteiger partial charge in [-0.25, -0.2) is 0 Å². The summed E-state index contributed by atoms with van der Waals surface area (Å²) in [6.45, 7) is 0.810. The zero-order chi connectivity index (χ0) is 18.8. The highest BCUT2D eigenvalue weighted by Crippen LogP contribution is 2.37. The average Bonchev–Trinajstić information content (AvgIpc) is 3.22. The number of nitrogens with one attached hydrogen (secondary N) is 1. The zero-order valence-electron chi connectivity index (χ0n) is 14.0. The molecular formula is C20H14INO5. The minimum Gasteiger partial charge on any atom is -0.486 e. The van der Waals surface area contributed by atoms with Crippen LogP contribution in [0.25, 0.3) is 0 Å². The van der Waals surface area contributed by atoms with Gasteiger partial charge in [-0.05, 0) is 52.9 Å². The number of ketones is 1. The number of benzene rings is 2. The summed E-state index contributed by atoms with van der Waals surface area (Å²) in [5.41, 5.74) is 1.21. The first-order chi connectivity index (χ1) is 13.1. The van der Waals surface area contributed by atoms with Crippen LogP contribution in [0.4, 0.5) is 5.69 Å². The van der Waals surface area contributed by atoms with Gasteiger partial charge in [-0.15, -0.1) is 0 Å². The number of ether oxygens (including phenoxy) is 2. The number of furan rings is 1. The van der Waals surface area contributed by atoms with Crippen LogP contribution in [0.2, 0.25) is 0 Å². The Kier molecular flexibility index (Phi) is 4.85. The fourth-order valence-electron chi connectivity index (χ4n) is 2.76. The summed E-state index contributed by atoms with van der Waals surface area (Å²) < 4.78 is 17.1. The molecule has 1 aromatic heterocycles. The van der Waals surface area contributed by atoms with Crippen molar-refractivity contribution in [3.8, 4) is 11.5 Å². The lowest BCUT2D eigenvalue weighted by atomic mass is 10.0. The predicted octanol–water partition coefficient (Wildman–Crippen LogP) is 4.14. The molecule has 1 N–H and O–H groups in total. The van der Waals surface area contributed by atoms with Crippen LogP contribution >= 0.6 is 22.6 Å². The second-order valence-electron chi connectivity index (χ2n) is 5.78. The van der Waals surface area contributed by atoms with Crippen LogP contribution in [0.15, 0.2) is 59.2 Å². The minimum atomic E-state index is -0.450. The van der Waals surface area contributed by atoms with Crippen molar-refractivity contribution in [3.63, 3.8) is 0 Å². The zero-order valence-corrected chi connectivity index (χ0v) is 16.2. The van der Waals surface area contributed by atoms with Gasteiger partial charge in [-0.1, -0.05) is 12.1 Å². The molecule has 0 aliphatic carbocycles. The van der Waals surface area contributed by atoms with Gasteiger partial charge in [0.25, 0.3) is 5.91 Å². The molecule has 0 bridgehead atoms. The molecule has 4 rings (SSSR count). The number of amides is 1. The van der Waals surface area contributed by atoms with E-state index in [1.54, 1.807) is 36.4 Å². The summed E-state index contributed by atoms with van der Waals surface area (Å²) in [5.74, 6) is 0.444. The normalized spacial score (nSPS) is 12.5. The molecule has 1 amide bonds. The van der Waals surface area contributed by atoms with Crippen LogP contribution in [0.1, 0.15) is 26.5 Å². The van der Waals surface area contributed by atoms with Crippen molar-refractivity contribution in [2.24, 2.45) is 0 Å². The number of halogens is 1. The van der Waals surface area contributed by atoms with Gasteiger partial charge < -0.3 is 19.2 Å². The highest BCUT2D eigenvalue weighted by atomic mass is 127. The Labute approximate surface area is 168 Å². The van der Waals surface area contributed by atoms with Crippen LogP contribution < -0.4 is 14.8 Å². The van der Waals surface area contributed by atoms with Crippen LogP contribution in [0.5, 0.6) is 11.5 Å². The molecule has 1 aliphatic heterocycles. The van der Waals surface area contributed by atoms with E-state index < -0.39 is 5.91 Å². The van der Waals surface area contributed by atoms with Gasteiger partial charge in [0.2, 0.25) is 0 Å². The summed E-state index contributed by atoms with van der Waals surface area (Å²) in [5, 5.41) is 2.74. The standard InChI is InChI=1S/C20H14INO5/c21-14-5-2-1-4-12(14)19(23)13-10-17-18(27-9-8-26-17)11-15(13)22-20(24)16-6-3-7-25-16/h1-7,10-11H,8-9H2,(H,22,24). The first kappa shape index (κ1) is 17.6.